The van der Waals surface area contributed by atoms with Crippen LogP contribution in [0.15, 0.2) is 72.8 Å². The molecule has 150 valence electrons. The molecule has 2 atom stereocenters. The largest absolute Gasteiger partial charge is 0.348 e. The first-order valence-electron chi connectivity index (χ1n) is 9.53. The molecule has 0 aliphatic heterocycles. The van der Waals surface area contributed by atoms with Crippen molar-refractivity contribution in [2.75, 3.05) is 6.54 Å². The molecule has 2 N–H and O–H groups in total. The van der Waals surface area contributed by atoms with Crippen molar-refractivity contribution in [1.29, 1.82) is 0 Å². The predicted octanol–water partition coefficient (Wildman–Crippen LogP) is 4.83. The van der Waals surface area contributed by atoms with Crippen LogP contribution in [0.2, 0.25) is 0 Å². The Bertz CT molecular complexity index is 958. The molecule has 3 aromatic rings. The van der Waals surface area contributed by atoms with E-state index in [9.17, 15) is 13.6 Å². The van der Waals surface area contributed by atoms with Gasteiger partial charge in [0.25, 0.3) is 0 Å². The summed E-state index contributed by atoms with van der Waals surface area (Å²) >= 11 is 0. The molecular formula is C24H24F2N2O. The van der Waals surface area contributed by atoms with Crippen molar-refractivity contribution in [2.45, 2.75) is 25.9 Å². The van der Waals surface area contributed by atoms with Crippen LogP contribution in [0.4, 0.5) is 8.78 Å². The topological polar surface area (TPSA) is 41.1 Å². The molecule has 3 nitrogen and oxygen atoms in total. The van der Waals surface area contributed by atoms with Gasteiger partial charge in [0.15, 0.2) is 0 Å². The third-order valence-corrected chi connectivity index (χ3v) is 4.82. The van der Waals surface area contributed by atoms with Crippen LogP contribution in [-0.2, 0) is 4.79 Å². The van der Waals surface area contributed by atoms with Crippen LogP contribution in [-0.4, -0.2) is 12.5 Å². The fourth-order valence-electron chi connectivity index (χ4n) is 3.25. The molecule has 5 heteroatoms. The lowest BCUT2D eigenvalue weighted by Crippen LogP contribution is -2.37. The van der Waals surface area contributed by atoms with Gasteiger partial charge in [-0.1, -0.05) is 66.2 Å². The monoisotopic (exact) mass is 394 g/mol. The Kier molecular flexibility index (Phi) is 6.73. The molecule has 0 fully saturated rings. The molecule has 0 spiro atoms. The molecule has 0 unspecified atom stereocenters. The highest BCUT2D eigenvalue weighted by Crippen LogP contribution is 2.22. The fraction of sp³-hybridized carbons (Fsp3) is 0.208. The van der Waals surface area contributed by atoms with E-state index in [2.05, 4.69) is 10.6 Å². The Labute approximate surface area is 169 Å². The zero-order valence-electron chi connectivity index (χ0n) is 16.5. The summed E-state index contributed by atoms with van der Waals surface area (Å²) in [5.41, 5.74) is 3.50. The number of hydrogen-bond acceptors (Lipinski definition) is 2. The molecule has 0 heterocycles. The van der Waals surface area contributed by atoms with Crippen LogP contribution in [0.5, 0.6) is 0 Å². The van der Waals surface area contributed by atoms with Gasteiger partial charge in [-0.25, -0.2) is 8.78 Å². The maximum absolute atomic E-state index is 13.9. The van der Waals surface area contributed by atoms with Crippen LogP contribution in [0.3, 0.4) is 0 Å². The number of halogens is 2. The standard InChI is InChI=1S/C24H24F2N2O/c1-16-8-10-19(11-9-16)24(18-6-4-3-5-7-18)27-15-23(29)28-17(2)21-13-12-20(25)14-22(21)26/h3-14,17,24,27H,15H2,1-2H3,(H,28,29)/t17-,24+/m1/s1. The molecule has 3 rings (SSSR count). The number of nitrogens with one attached hydrogen (secondary N) is 2. The first-order valence-corrected chi connectivity index (χ1v) is 9.53. The van der Waals surface area contributed by atoms with E-state index >= 15 is 0 Å². The van der Waals surface area contributed by atoms with Gasteiger partial charge in [0.2, 0.25) is 5.91 Å². The van der Waals surface area contributed by atoms with E-state index in [-0.39, 0.29) is 24.1 Å². The summed E-state index contributed by atoms with van der Waals surface area (Å²) in [6.07, 6.45) is 0. The lowest BCUT2D eigenvalue weighted by Gasteiger charge is -2.21. The van der Waals surface area contributed by atoms with Gasteiger partial charge in [-0.3, -0.25) is 10.1 Å². The quantitative estimate of drug-likeness (QED) is 0.603. The summed E-state index contributed by atoms with van der Waals surface area (Å²) in [5.74, 6) is -1.59. The smallest absolute Gasteiger partial charge is 0.234 e. The van der Waals surface area contributed by atoms with Gasteiger partial charge >= 0.3 is 0 Å². The summed E-state index contributed by atoms with van der Waals surface area (Å²) in [6, 6.07) is 20.6. The van der Waals surface area contributed by atoms with Gasteiger partial charge in [-0.2, -0.15) is 0 Å². The zero-order chi connectivity index (χ0) is 20.8. The van der Waals surface area contributed by atoms with Gasteiger partial charge in [0.1, 0.15) is 11.6 Å². The van der Waals surface area contributed by atoms with Crippen molar-refractivity contribution >= 4 is 5.91 Å². The Morgan fingerprint density at radius 3 is 2.24 bits per heavy atom. The lowest BCUT2D eigenvalue weighted by molar-refractivity contribution is -0.121. The molecule has 0 saturated heterocycles. The minimum Gasteiger partial charge on any atom is -0.348 e. The minimum absolute atomic E-state index is 0.0561. The van der Waals surface area contributed by atoms with E-state index in [0.29, 0.717) is 0 Å². The van der Waals surface area contributed by atoms with E-state index in [1.807, 2.05) is 61.5 Å². The second-order valence-corrected chi connectivity index (χ2v) is 7.09. The number of carbonyl (C=O) groups excluding carboxylic acids is 1. The van der Waals surface area contributed by atoms with Gasteiger partial charge in [-0.05, 0) is 31.0 Å². The maximum atomic E-state index is 13.9. The van der Waals surface area contributed by atoms with Crippen molar-refractivity contribution in [1.82, 2.24) is 10.6 Å². The Hall–Kier alpha value is -3.05. The maximum Gasteiger partial charge on any atom is 0.234 e. The third-order valence-electron chi connectivity index (χ3n) is 4.82. The van der Waals surface area contributed by atoms with Gasteiger partial charge < -0.3 is 5.32 Å². The molecule has 0 aliphatic rings. The summed E-state index contributed by atoms with van der Waals surface area (Å²) in [5, 5.41) is 6.05. The molecular weight excluding hydrogens is 370 g/mol. The summed E-state index contributed by atoms with van der Waals surface area (Å²) < 4.78 is 27.0. The second-order valence-electron chi connectivity index (χ2n) is 7.09. The number of benzene rings is 3. The number of aryl methyl sites for hydroxylation is 1. The Balaban J connectivity index is 1.68. The van der Waals surface area contributed by atoms with Crippen LogP contribution in [0.1, 0.15) is 41.3 Å². The lowest BCUT2D eigenvalue weighted by atomic mass is 9.98. The van der Waals surface area contributed by atoms with E-state index in [4.69, 9.17) is 0 Å². The zero-order valence-corrected chi connectivity index (χ0v) is 16.5. The van der Waals surface area contributed by atoms with Crippen molar-refractivity contribution in [3.63, 3.8) is 0 Å². The van der Waals surface area contributed by atoms with E-state index < -0.39 is 17.7 Å². The van der Waals surface area contributed by atoms with E-state index in [1.54, 1.807) is 6.92 Å². The fourth-order valence-corrected chi connectivity index (χ4v) is 3.25. The van der Waals surface area contributed by atoms with Crippen molar-refractivity contribution in [3.05, 3.63) is 107 Å². The van der Waals surface area contributed by atoms with Crippen molar-refractivity contribution < 1.29 is 13.6 Å². The minimum atomic E-state index is -0.674. The SMILES string of the molecule is Cc1ccc([C@@H](NCC(=O)N[C@H](C)c2ccc(F)cc2F)c2ccccc2)cc1. The van der Waals surface area contributed by atoms with Crippen molar-refractivity contribution in [2.24, 2.45) is 0 Å². The first-order chi connectivity index (χ1) is 13.9. The van der Waals surface area contributed by atoms with Crippen LogP contribution >= 0.6 is 0 Å². The average molecular weight is 394 g/mol. The van der Waals surface area contributed by atoms with Crippen LogP contribution in [0.25, 0.3) is 0 Å². The van der Waals surface area contributed by atoms with Gasteiger partial charge in [-0.15, -0.1) is 0 Å². The van der Waals surface area contributed by atoms with Crippen LogP contribution < -0.4 is 10.6 Å². The second kappa shape index (κ2) is 9.43. The summed E-state index contributed by atoms with van der Waals surface area (Å²) in [7, 11) is 0. The summed E-state index contributed by atoms with van der Waals surface area (Å²) in [6.45, 7) is 3.75. The summed E-state index contributed by atoms with van der Waals surface area (Å²) in [4.78, 5) is 12.5. The Morgan fingerprint density at radius 1 is 0.931 bits per heavy atom. The number of rotatable bonds is 7. The van der Waals surface area contributed by atoms with Gasteiger partial charge in [0, 0.05) is 11.6 Å². The number of hydrogen-bond donors (Lipinski definition) is 2. The molecule has 3 aromatic carbocycles. The highest BCUT2D eigenvalue weighted by Gasteiger charge is 2.17. The molecule has 0 aliphatic carbocycles. The predicted molar refractivity (Wildman–Crippen MR) is 110 cm³/mol. The molecule has 0 radical (unpaired) electrons. The van der Waals surface area contributed by atoms with Gasteiger partial charge in [0.05, 0.1) is 18.6 Å². The van der Waals surface area contributed by atoms with E-state index in [1.165, 1.54) is 12.1 Å². The average Bonchev–Trinajstić information content (AvgIpc) is 2.70. The molecule has 0 saturated carbocycles. The molecule has 0 aromatic heterocycles. The first kappa shape index (κ1) is 20.7. The number of amides is 1. The molecule has 29 heavy (non-hydrogen) atoms. The Morgan fingerprint density at radius 2 is 1.59 bits per heavy atom. The molecule has 0 bridgehead atoms. The number of carbonyl (C=O) groups is 1. The third kappa shape index (κ3) is 5.48. The van der Waals surface area contributed by atoms with Crippen molar-refractivity contribution in [3.8, 4) is 0 Å². The molecule has 1 amide bonds. The van der Waals surface area contributed by atoms with Crippen LogP contribution in [0, 0.1) is 18.6 Å². The highest BCUT2D eigenvalue weighted by atomic mass is 19.1. The van der Waals surface area contributed by atoms with E-state index in [0.717, 1.165) is 22.8 Å². The normalized spacial score (nSPS) is 13.0. The highest BCUT2D eigenvalue weighted by molar-refractivity contribution is 5.78.